The highest BCUT2D eigenvalue weighted by Gasteiger charge is 2.70. The van der Waals surface area contributed by atoms with Crippen LogP contribution in [-0.2, 0) is 28.8 Å². The highest BCUT2D eigenvalue weighted by molar-refractivity contribution is 6.38. The lowest BCUT2D eigenvalue weighted by Crippen LogP contribution is -2.60. The van der Waals surface area contributed by atoms with Gasteiger partial charge in [0.2, 0.25) is 29.4 Å². The van der Waals surface area contributed by atoms with Crippen molar-refractivity contribution in [3.05, 3.63) is 0 Å². The number of nitrogens with one attached hydrogen (secondary N) is 3. The summed E-state index contributed by atoms with van der Waals surface area (Å²) in [4.78, 5) is 78.6. The highest BCUT2D eigenvalue weighted by Crippen LogP contribution is 2.65. The van der Waals surface area contributed by atoms with Gasteiger partial charge in [-0.15, -0.1) is 0 Å². The Balaban J connectivity index is 1.86. The smallest absolute Gasteiger partial charge is 0.287 e. The molecule has 2 heterocycles. The summed E-state index contributed by atoms with van der Waals surface area (Å²) in [6.07, 6.45) is 0.663. The van der Waals surface area contributed by atoms with Crippen molar-refractivity contribution in [3.8, 4) is 0 Å². The van der Waals surface area contributed by atoms with Crippen LogP contribution in [-0.4, -0.2) is 71.4 Å². The number of amides is 5. The molecule has 6 atom stereocenters. The molecule has 0 aromatic rings. The van der Waals surface area contributed by atoms with Crippen molar-refractivity contribution < 1.29 is 28.8 Å². The fraction of sp³-hybridized carbons (Fsp3) is 0.786. The first-order valence-corrected chi connectivity index (χ1v) is 13.8. The van der Waals surface area contributed by atoms with Gasteiger partial charge in [0.05, 0.1) is 6.04 Å². The Labute approximate surface area is 230 Å². The van der Waals surface area contributed by atoms with E-state index in [1.807, 2.05) is 55.4 Å². The lowest BCUT2D eigenvalue weighted by Gasteiger charge is -2.38. The van der Waals surface area contributed by atoms with Crippen LogP contribution in [0.4, 0.5) is 0 Å². The zero-order valence-corrected chi connectivity index (χ0v) is 24.5. The Hall–Kier alpha value is -2.98. The number of nitrogens with zero attached hydrogens (tertiary/aromatic N) is 1. The van der Waals surface area contributed by atoms with Gasteiger partial charge >= 0.3 is 0 Å². The number of rotatable bonds is 9. The summed E-state index contributed by atoms with van der Waals surface area (Å²) < 4.78 is 0. The number of carbonyl (C=O) groups excluding carboxylic acids is 6. The molecule has 1 saturated carbocycles. The molecule has 3 aliphatic rings. The largest absolute Gasteiger partial charge is 0.363 e. The van der Waals surface area contributed by atoms with Crippen molar-refractivity contribution in [2.75, 3.05) is 13.1 Å². The normalized spacial score (nSPS) is 27.2. The Kier molecular flexibility index (Phi) is 8.26. The maximum Gasteiger partial charge on any atom is 0.287 e. The molecule has 0 radical (unpaired) electrons. The third-order valence-corrected chi connectivity index (χ3v) is 8.43. The maximum absolute atomic E-state index is 14.0. The number of hydrogen-bond acceptors (Lipinski definition) is 6. The van der Waals surface area contributed by atoms with E-state index in [1.165, 1.54) is 4.90 Å². The summed E-state index contributed by atoms with van der Waals surface area (Å²) >= 11 is 0. The molecule has 2 aliphatic heterocycles. The van der Waals surface area contributed by atoms with Crippen molar-refractivity contribution in [1.29, 1.82) is 0 Å². The van der Waals surface area contributed by atoms with Gasteiger partial charge < -0.3 is 26.6 Å². The van der Waals surface area contributed by atoms with Gasteiger partial charge in [0.1, 0.15) is 12.1 Å². The summed E-state index contributed by atoms with van der Waals surface area (Å²) in [7, 11) is 0. The van der Waals surface area contributed by atoms with Gasteiger partial charge in [-0.25, -0.2) is 0 Å². The van der Waals surface area contributed by atoms with Crippen LogP contribution in [0.5, 0.6) is 0 Å². The predicted octanol–water partition coefficient (Wildman–Crippen LogP) is 0.502. The molecule has 1 aliphatic carbocycles. The number of ketones is 1. The molecule has 3 rings (SSSR count). The second kappa shape index (κ2) is 10.5. The highest BCUT2D eigenvalue weighted by atomic mass is 16.2. The van der Waals surface area contributed by atoms with Gasteiger partial charge in [-0.05, 0) is 40.9 Å². The predicted molar refractivity (Wildman–Crippen MR) is 144 cm³/mol. The Morgan fingerprint density at radius 1 is 1.08 bits per heavy atom. The van der Waals surface area contributed by atoms with Gasteiger partial charge in [0, 0.05) is 25.4 Å². The Morgan fingerprint density at radius 3 is 2.18 bits per heavy atom. The number of Topliss-reactive ketones (excluding diaryl/α,β-unsaturated/α-hetero) is 1. The van der Waals surface area contributed by atoms with E-state index in [0.29, 0.717) is 19.5 Å². The average molecular weight is 548 g/mol. The number of primary amides is 1. The third kappa shape index (κ3) is 6.61. The molecule has 5 amide bonds. The van der Waals surface area contributed by atoms with Crippen LogP contribution < -0.4 is 21.7 Å². The summed E-state index contributed by atoms with van der Waals surface area (Å²) in [5, 5.41) is 8.26. The molecule has 0 aromatic carbocycles. The van der Waals surface area contributed by atoms with Gasteiger partial charge in [-0.2, -0.15) is 0 Å². The first-order chi connectivity index (χ1) is 17.8. The lowest BCUT2D eigenvalue weighted by atomic mass is 9.84. The zero-order valence-electron chi connectivity index (χ0n) is 24.5. The quantitative estimate of drug-likeness (QED) is 0.307. The summed E-state index contributed by atoms with van der Waals surface area (Å²) in [5.41, 5.74) is 4.17. The molecule has 0 aromatic heterocycles. The number of likely N-dealkylation sites (tertiary alicyclic amines) is 1. The molecule has 0 unspecified atom stereocenters. The van der Waals surface area contributed by atoms with E-state index in [-0.39, 0.29) is 53.2 Å². The minimum absolute atomic E-state index is 0.0506. The molecule has 218 valence electrons. The summed E-state index contributed by atoms with van der Waals surface area (Å²) in [6, 6.07) is -3.03. The summed E-state index contributed by atoms with van der Waals surface area (Å²) in [6.45, 7) is 16.3. The molecule has 2 saturated heterocycles. The van der Waals surface area contributed by atoms with Crippen LogP contribution in [0.2, 0.25) is 0 Å². The summed E-state index contributed by atoms with van der Waals surface area (Å²) in [5.74, 6) is -4.19. The van der Waals surface area contributed by atoms with Gasteiger partial charge in [-0.1, -0.05) is 55.4 Å². The molecule has 11 heteroatoms. The minimum Gasteiger partial charge on any atom is -0.363 e. The van der Waals surface area contributed by atoms with E-state index >= 15 is 0 Å². The molecule has 39 heavy (non-hydrogen) atoms. The molecule has 5 N–H and O–H groups in total. The average Bonchev–Trinajstić information content (AvgIpc) is 3.14. The van der Waals surface area contributed by atoms with Gasteiger partial charge in [0.15, 0.2) is 0 Å². The van der Waals surface area contributed by atoms with Crippen molar-refractivity contribution in [2.24, 2.45) is 39.7 Å². The van der Waals surface area contributed by atoms with Crippen molar-refractivity contribution in [3.63, 3.8) is 0 Å². The van der Waals surface area contributed by atoms with Crippen LogP contribution >= 0.6 is 0 Å². The maximum atomic E-state index is 14.0. The van der Waals surface area contributed by atoms with Crippen molar-refractivity contribution in [1.82, 2.24) is 20.9 Å². The first kappa shape index (κ1) is 30.6. The van der Waals surface area contributed by atoms with Crippen LogP contribution in [0.1, 0.15) is 74.7 Å². The monoisotopic (exact) mass is 547 g/mol. The second-order valence-electron chi connectivity index (χ2n) is 14.3. The number of fused-ring (bicyclic) bond motifs is 1. The van der Waals surface area contributed by atoms with E-state index in [9.17, 15) is 28.8 Å². The van der Waals surface area contributed by atoms with E-state index in [0.717, 1.165) is 0 Å². The molecule has 0 bridgehead atoms. The number of piperidine rings is 1. The van der Waals surface area contributed by atoms with E-state index in [1.54, 1.807) is 0 Å². The van der Waals surface area contributed by atoms with Crippen LogP contribution in [0, 0.1) is 34.0 Å². The van der Waals surface area contributed by atoms with Crippen LogP contribution in [0.3, 0.4) is 0 Å². The van der Waals surface area contributed by atoms with Crippen molar-refractivity contribution in [2.45, 2.75) is 92.8 Å². The first-order valence-electron chi connectivity index (χ1n) is 13.8. The second-order valence-corrected chi connectivity index (χ2v) is 14.3. The van der Waals surface area contributed by atoms with E-state index in [4.69, 9.17) is 5.73 Å². The number of hydrogen-bond donors (Lipinski definition) is 4. The SMILES string of the molecule is CC(C)(C)CC(=O)N[C@H](C(=O)N1C[C@H]2[C@@H]([C@H]1C(=O)N[C@@H](C[C@@H]1CCNC1=O)C(=O)C(N)=O)C2(C)C)C(C)(C)C. The molecular formula is C28H45N5O6. The van der Waals surface area contributed by atoms with Gasteiger partial charge in [-0.3, -0.25) is 28.8 Å². The molecule has 3 fully saturated rings. The number of nitrogens with two attached hydrogens (primary N) is 1. The van der Waals surface area contributed by atoms with Gasteiger partial charge in [0.25, 0.3) is 5.91 Å². The third-order valence-electron chi connectivity index (χ3n) is 8.43. The topological polar surface area (TPSA) is 168 Å². The number of carbonyl (C=O) groups is 6. The molecular weight excluding hydrogens is 502 g/mol. The molecule has 11 nitrogen and oxygen atoms in total. The van der Waals surface area contributed by atoms with E-state index < -0.39 is 47.1 Å². The molecule has 0 spiro atoms. The zero-order chi connectivity index (χ0) is 29.7. The Morgan fingerprint density at radius 2 is 1.69 bits per heavy atom. The standard InChI is InChI=1S/C28H45N5O6/c1-26(2,3)12-17(34)32-21(27(4,5)6)25(39)33-13-15-18(28(15,7)8)19(33)24(38)31-16(20(35)22(29)36)11-14-9-10-30-23(14)37/h14-16,18-19,21H,9-13H2,1-8H3,(H2,29,36)(H,30,37)(H,31,38)(H,32,34)/t14-,15-,16-,18-,19-,21+/m0/s1. The Bertz CT molecular complexity index is 1060. The van der Waals surface area contributed by atoms with Crippen LogP contribution in [0.25, 0.3) is 0 Å². The van der Waals surface area contributed by atoms with Crippen LogP contribution in [0.15, 0.2) is 0 Å². The van der Waals surface area contributed by atoms with E-state index in [2.05, 4.69) is 16.0 Å². The van der Waals surface area contributed by atoms with Crippen molar-refractivity contribution >= 4 is 35.3 Å². The minimum atomic E-state index is -1.27. The lowest BCUT2D eigenvalue weighted by molar-refractivity contribution is -0.146. The fourth-order valence-electron chi connectivity index (χ4n) is 6.14. The fourth-order valence-corrected chi connectivity index (χ4v) is 6.14.